The highest BCUT2D eigenvalue weighted by molar-refractivity contribution is 5.69. The molecule has 32 heavy (non-hydrogen) atoms. The highest BCUT2D eigenvalue weighted by Crippen LogP contribution is 2.29. The zero-order chi connectivity index (χ0) is 24.9. The summed E-state index contributed by atoms with van der Waals surface area (Å²) in [6.07, 6.45) is 3.87. The SMILES string of the molecule is CC.CCCOC(CCC(C)N)C(C)(C)COC(=O)CCc1cc(C)cc(C(C)(C)C)c1. The van der Waals surface area contributed by atoms with Crippen LogP contribution in [0.25, 0.3) is 0 Å². The van der Waals surface area contributed by atoms with E-state index in [9.17, 15) is 4.79 Å². The average molecular weight is 450 g/mol. The van der Waals surface area contributed by atoms with Crippen LogP contribution in [0.5, 0.6) is 0 Å². The summed E-state index contributed by atoms with van der Waals surface area (Å²) < 4.78 is 11.8. The molecule has 4 nitrogen and oxygen atoms in total. The molecule has 0 amide bonds. The monoisotopic (exact) mass is 449 g/mol. The Kier molecular flexibility index (Phi) is 14.1. The van der Waals surface area contributed by atoms with Crippen LogP contribution in [0.2, 0.25) is 0 Å². The minimum atomic E-state index is -0.248. The molecule has 0 radical (unpaired) electrons. The van der Waals surface area contributed by atoms with Crippen LogP contribution in [0.15, 0.2) is 18.2 Å². The lowest BCUT2D eigenvalue weighted by atomic mass is 9.84. The van der Waals surface area contributed by atoms with Crippen molar-refractivity contribution in [2.45, 2.75) is 119 Å². The predicted molar refractivity (Wildman–Crippen MR) is 137 cm³/mol. The molecule has 0 aromatic heterocycles. The standard InChI is InChI=1S/C26H45NO3.C2H6/c1-9-14-29-23(12-10-20(3)27)26(7,8)18-30-24(28)13-11-21-15-19(2)16-22(17-21)25(4,5)6;1-2/h15-17,20,23H,9-14,18,27H2,1-8H3;1-2H3. The number of aryl methyl sites for hydroxylation is 2. The van der Waals surface area contributed by atoms with Gasteiger partial charge in [0.1, 0.15) is 0 Å². The van der Waals surface area contributed by atoms with E-state index < -0.39 is 0 Å². The molecule has 0 saturated carbocycles. The molecule has 0 fully saturated rings. The number of rotatable bonds is 12. The summed E-state index contributed by atoms with van der Waals surface area (Å²) in [5, 5.41) is 0. The zero-order valence-electron chi connectivity index (χ0n) is 22.6. The topological polar surface area (TPSA) is 61.6 Å². The number of esters is 1. The maximum absolute atomic E-state index is 12.4. The molecule has 4 heteroatoms. The van der Waals surface area contributed by atoms with Gasteiger partial charge in [-0.3, -0.25) is 4.79 Å². The molecular weight excluding hydrogens is 398 g/mol. The first kappa shape index (κ1) is 30.6. The lowest BCUT2D eigenvalue weighted by Gasteiger charge is -2.34. The molecule has 1 rings (SSSR count). The summed E-state index contributed by atoms with van der Waals surface area (Å²) in [5.41, 5.74) is 9.51. The van der Waals surface area contributed by atoms with Crippen LogP contribution in [0.1, 0.15) is 105 Å². The van der Waals surface area contributed by atoms with Gasteiger partial charge in [0.15, 0.2) is 0 Å². The maximum Gasteiger partial charge on any atom is 0.306 e. The third-order valence-electron chi connectivity index (χ3n) is 5.51. The van der Waals surface area contributed by atoms with Crippen LogP contribution in [0.3, 0.4) is 0 Å². The minimum absolute atomic E-state index is 0.0300. The van der Waals surface area contributed by atoms with E-state index in [-0.39, 0.29) is 28.9 Å². The Morgan fingerprint density at radius 3 is 2.22 bits per heavy atom. The molecule has 0 bridgehead atoms. The van der Waals surface area contributed by atoms with Crippen molar-refractivity contribution in [3.63, 3.8) is 0 Å². The molecule has 0 aliphatic heterocycles. The number of carbonyl (C=O) groups is 1. The summed E-state index contributed by atoms with van der Waals surface area (Å²) in [6.45, 7) is 22.2. The van der Waals surface area contributed by atoms with Crippen molar-refractivity contribution in [3.8, 4) is 0 Å². The molecule has 1 aromatic carbocycles. The Labute approximate surface area is 198 Å². The van der Waals surface area contributed by atoms with E-state index in [1.807, 2.05) is 20.8 Å². The van der Waals surface area contributed by atoms with Gasteiger partial charge in [0.25, 0.3) is 0 Å². The van der Waals surface area contributed by atoms with Crippen LogP contribution in [-0.4, -0.2) is 31.3 Å². The van der Waals surface area contributed by atoms with Gasteiger partial charge in [0.2, 0.25) is 0 Å². The lowest BCUT2D eigenvalue weighted by molar-refractivity contribution is -0.151. The number of benzene rings is 1. The Hall–Kier alpha value is -1.39. The van der Waals surface area contributed by atoms with Gasteiger partial charge in [0.05, 0.1) is 12.7 Å². The number of hydrogen-bond donors (Lipinski definition) is 1. The fourth-order valence-corrected chi connectivity index (χ4v) is 3.49. The Balaban J connectivity index is 0.00000466. The van der Waals surface area contributed by atoms with Gasteiger partial charge in [0, 0.05) is 24.5 Å². The zero-order valence-corrected chi connectivity index (χ0v) is 22.6. The van der Waals surface area contributed by atoms with Gasteiger partial charge in [-0.05, 0) is 56.1 Å². The summed E-state index contributed by atoms with van der Waals surface area (Å²) >= 11 is 0. The second kappa shape index (κ2) is 14.7. The fraction of sp³-hybridized carbons (Fsp3) is 0.750. The van der Waals surface area contributed by atoms with Crippen molar-refractivity contribution in [1.29, 1.82) is 0 Å². The second-order valence-electron chi connectivity index (χ2n) is 10.5. The van der Waals surface area contributed by atoms with E-state index in [4.69, 9.17) is 15.2 Å². The Bertz CT molecular complexity index is 659. The van der Waals surface area contributed by atoms with Crippen molar-refractivity contribution in [2.24, 2.45) is 11.1 Å². The quantitative estimate of drug-likeness (QED) is 0.359. The van der Waals surface area contributed by atoms with Crippen molar-refractivity contribution in [2.75, 3.05) is 13.2 Å². The first-order valence-corrected chi connectivity index (χ1v) is 12.5. The number of nitrogens with two attached hydrogens (primary N) is 1. The van der Waals surface area contributed by atoms with Crippen molar-refractivity contribution >= 4 is 5.97 Å². The summed E-state index contributed by atoms with van der Waals surface area (Å²) in [6, 6.07) is 6.74. The van der Waals surface area contributed by atoms with Gasteiger partial charge in [-0.1, -0.05) is 79.2 Å². The molecular formula is C28H51NO3. The molecule has 0 aliphatic rings. The van der Waals surface area contributed by atoms with E-state index in [1.54, 1.807) is 0 Å². The first-order valence-electron chi connectivity index (χ1n) is 12.5. The fourth-order valence-electron chi connectivity index (χ4n) is 3.49. The number of carbonyl (C=O) groups excluding carboxylic acids is 1. The van der Waals surface area contributed by atoms with Crippen molar-refractivity contribution in [3.05, 3.63) is 34.9 Å². The number of hydrogen-bond acceptors (Lipinski definition) is 4. The van der Waals surface area contributed by atoms with E-state index in [0.717, 1.165) is 19.3 Å². The van der Waals surface area contributed by atoms with E-state index in [1.165, 1.54) is 16.7 Å². The summed E-state index contributed by atoms with van der Waals surface area (Å²) in [7, 11) is 0. The molecule has 1 aromatic rings. The molecule has 0 aliphatic carbocycles. The Morgan fingerprint density at radius 1 is 1.06 bits per heavy atom. The Morgan fingerprint density at radius 2 is 1.69 bits per heavy atom. The van der Waals surface area contributed by atoms with E-state index in [0.29, 0.717) is 26.1 Å². The predicted octanol–water partition coefficient (Wildman–Crippen LogP) is 6.74. The second-order valence-corrected chi connectivity index (χ2v) is 10.5. The van der Waals surface area contributed by atoms with Gasteiger partial charge in [-0.25, -0.2) is 0 Å². The molecule has 2 N–H and O–H groups in total. The molecule has 0 spiro atoms. The van der Waals surface area contributed by atoms with Gasteiger partial charge < -0.3 is 15.2 Å². The smallest absolute Gasteiger partial charge is 0.306 e. The molecule has 0 saturated heterocycles. The van der Waals surface area contributed by atoms with E-state index in [2.05, 4.69) is 66.7 Å². The van der Waals surface area contributed by atoms with Crippen LogP contribution in [0.4, 0.5) is 0 Å². The van der Waals surface area contributed by atoms with E-state index >= 15 is 0 Å². The van der Waals surface area contributed by atoms with Crippen molar-refractivity contribution < 1.29 is 14.3 Å². The van der Waals surface area contributed by atoms with Crippen molar-refractivity contribution in [1.82, 2.24) is 0 Å². The third kappa shape index (κ3) is 12.0. The van der Waals surface area contributed by atoms with Gasteiger partial charge in [-0.2, -0.15) is 0 Å². The largest absolute Gasteiger partial charge is 0.465 e. The normalized spacial score (nSPS) is 13.7. The molecule has 0 heterocycles. The molecule has 2 unspecified atom stereocenters. The number of ether oxygens (including phenoxy) is 2. The van der Waals surface area contributed by atoms with Crippen LogP contribution >= 0.6 is 0 Å². The van der Waals surface area contributed by atoms with Crippen LogP contribution in [0, 0.1) is 12.3 Å². The highest BCUT2D eigenvalue weighted by Gasteiger charge is 2.32. The molecule has 2 atom stereocenters. The van der Waals surface area contributed by atoms with Crippen LogP contribution < -0.4 is 5.73 Å². The highest BCUT2D eigenvalue weighted by atomic mass is 16.5. The minimum Gasteiger partial charge on any atom is -0.465 e. The van der Waals surface area contributed by atoms with Gasteiger partial charge in [-0.15, -0.1) is 0 Å². The third-order valence-corrected chi connectivity index (χ3v) is 5.51. The molecule has 186 valence electrons. The maximum atomic E-state index is 12.4. The summed E-state index contributed by atoms with van der Waals surface area (Å²) in [5.74, 6) is -0.150. The lowest BCUT2D eigenvalue weighted by Crippen LogP contribution is -2.38. The average Bonchev–Trinajstić information content (AvgIpc) is 2.71. The first-order chi connectivity index (χ1) is 14.8. The van der Waals surface area contributed by atoms with Crippen LogP contribution in [-0.2, 0) is 26.1 Å². The summed E-state index contributed by atoms with van der Waals surface area (Å²) in [4.78, 5) is 12.4. The van der Waals surface area contributed by atoms with Gasteiger partial charge >= 0.3 is 5.97 Å².